The van der Waals surface area contributed by atoms with Gasteiger partial charge in [-0.05, 0) is 19.3 Å². The molecule has 0 aliphatic carbocycles. The second-order valence-electron chi connectivity index (χ2n) is 6.92. The molecule has 142 valence electrons. The maximum absolute atomic E-state index is 11.8. The van der Waals surface area contributed by atoms with Crippen LogP contribution in [0.2, 0.25) is 0 Å². The van der Waals surface area contributed by atoms with Gasteiger partial charge in [0.05, 0.1) is 43.8 Å². The zero-order chi connectivity index (χ0) is 18.1. The Bertz CT molecular complexity index is 477. The molecule has 1 aliphatic rings. The van der Waals surface area contributed by atoms with E-state index in [4.69, 9.17) is 0 Å². The second kappa shape index (κ2) is 10.9. The highest BCUT2D eigenvalue weighted by Gasteiger charge is 2.17. The van der Waals surface area contributed by atoms with Gasteiger partial charge in [-0.25, -0.2) is 8.42 Å². The molecule has 0 radical (unpaired) electrons. The molecule has 0 saturated carbocycles. The minimum Gasteiger partial charge on any atom is -0.748 e. The Hall–Kier alpha value is 0.0400. The normalized spacial score (nSPS) is 18.7. The first-order valence-corrected chi connectivity index (χ1v) is 12.4. The van der Waals surface area contributed by atoms with Crippen molar-refractivity contribution in [3.63, 3.8) is 0 Å². The molecule has 24 heavy (non-hydrogen) atoms. The Balaban J connectivity index is 2.04. The molecule has 0 bridgehead atoms. The van der Waals surface area contributed by atoms with Crippen LogP contribution >= 0.6 is 21.6 Å². The van der Waals surface area contributed by atoms with Gasteiger partial charge in [-0.2, -0.15) is 0 Å². The number of amides is 1. The first-order chi connectivity index (χ1) is 11.2. The molecule has 0 aromatic rings. The number of likely N-dealkylation sites (N-methyl/N-ethyl adjacent to an activating group) is 1. The highest BCUT2D eigenvalue weighted by atomic mass is 33.1. The molecule has 1 atom stereocenters. The second-order valence-corrected chi connectivity index (χ2v) is 11.2. The minimum atomic E-state index is -4.13. The van der Waals surface area contributed by atoms with Crippen molar-refractivity contribution in [3.05, 3.63) is 0 Å². The number of rotatable bonds is 12. The molecule has 1 heterocycles. The van der Waals surface area contributed by atoms with E-state index in [0.717, 1.165) is 24.6 Å². The summed E-state index contributed by atoms with van der Waals surface area (Å²) in [5, 5.41) is 3.70. The van der Waals surface area contributed by atoms with Crippen LogP contribution < -0.4 is 5.32 Å². The van der Waals surface area contributed by atoms with Crippen molar-refractivity contribution in [2.45, 2.75) is 43.8 Å². The van der Waals surface area contributed by atoms with Crippen LogP contribution in [0.3, 0.4) is 0 Å². The van der Waals surface area contributed by atoms with Gasteiger partial charge >= 0.3 is 0 Å². The molecule has 9 heteroatoms. The molecular weight excluding hydrogens is 368 g/mol. The molecule has 1 unspecified atom stereocenters. The van der Waals surface area contributed by atoms with Gasteiger partial charge < -0.3 is 14.4 Å². The molecule has 6 nitrogen and oxygen atoms in total. The van der Waals surface area contributed by atoms with Gasteiger partial charge in [-0.3, -0.25) is 4.79 Å². The monoisotopic (exact) mass is 398 g/mol. The standard InChI is InChI=1S/C15H30N2O4S3/c1-17(2,10-5-13-24(19,20)21)11-9-16-15(18)7-4-3-6-14-8-12-22-23-14/h14H,3-13H2,1-2H3,(H-,16,18,19,20,21). The highest BCUT2D eigenvalue weighted by Crippen LogP contribution is 2.39. The van der Waals surface area contributed by atoms with Crippen LogP contribution in [0.5, 0.6) is 0 Å². The molecule has 1 fully saturated rings. The van der Waals surface area contributed by atoms with Crippen LogP contribution in [0, 0.1) is 0 Å². The van der Waals surface area contributed by atoms with Crippen LogP contribution in [0.15, 0.2) is 0 Å². The maximum atomic E-state index is 11.8. The molecule has 0 aromatic carbocycles. The lowest BCUT2D eigenvalue weighted by molar-refractivity contribution is -0.889. The Morgan fingerprint density at radius 2 is 2.00 bits per heavy atom. The average Bonchev–Trinajstić information content (AvgIpc) is 2.95. The van der Waals surface area contributed by atoms with E-state index in [1.54, 1.807) is 0 Å². The lowest BCUT2D eigenvalue weighted by Gasteiger charge is -2.30. The predicted octanol–water partition coefficient (Wildman–Crippen LogP) is 1.83. The fourth-order valence-corrected chi connectivity index (χ4v) is 6.10. The van der Waals surface area contributed by atoms with E-state index in [0.29, 0.717) is 30.4 Å². The number of unbranched alkanes of at least 4 members (excludes halogenated alkanes) is 1. The Kier molecular flexibility index (Phi) is 10.0. The summed E-state index contributed by atoms with van der Waals surface area (Å²) in [4.78, 5) is 11.8. The molecule has 1 saturated heterocycles. The molecule has 1 rings (SSSR count). The van der Waals surface area contributed by atoms with E-state index >= 15 is 0 Å². The van der Waals surface area contributed by atoms with Gasteiger partial charge in [0, 0.05) is 29.6 Å². The largest absolute Gasteiger partial charge is 0.748 e. The van der Waals surface area contributed by atoms with Crippen molar-refractivity contribution < 1.29 is 22.2 Å². The summed E-state index contributed by atoms with van der Waals surface area (Å²) in [6, 6.07) is 0. The van der Waals surface area contributed by atoms with Crippen molar-refractivity contribution in [1.29, 1.82) is 0 Å². The summed E-state index contributed by atoms with van der Waals surface area (Å²) in [6.45, 7) is 1.90. The summed E-state index contributed by atoms with van der Waals surface area (Å²) >= 11 is 0. The van der Waals surface area contributed by atoms with Gasteiger partial charge in [0.25, 0.3) is 0 Å². The SMILES string of the molecule is C[N+](C)(CCCS(=O)(=O)[O-])CCNC(=O)CCCCC1CCSS1. The number of hydrogen-bond donors (Lipinski definition) is 1. The van der Waals surface area contributed by atoms with Gasteiger partial charge in [-0.15, -0.1) is 0 Å². The molecular formula is C15H30N2O4S3. The third kappa shape index (κ3) is 11.6. The van der Waals surface area contributed by atoms with E-state index in [1.807, 2.05) is 35.7 Å². The molecule has 1 amide bonds. The number of carbonyl (C=O) groups is 1. The van der Waals surface area contributed by atoms with E-state index < -0.39 is 10.1 Å². The van der Waals surface area contributed by atoms with Crippen LogP contribution in [-0.2, 0) is 14.9 Å². The predicted molar refractivity (Wildman–Crippen MR) is 101 cm³/mol. The molecule has 0 spiro atoms. The topological polar surface area (TPSA) is 86.3 Å². The van der Waals surface area contributed by atoms with Gasteiger partial charge in [-0.1, -0.05) is 28.0 Å². The fraction of sp³-hybridized carbons (Fsp3) is 0.933. The number of nitrogens with zero attached hydrogens (tertiary/aromatic N) is 1. The van der Waals surface area contributed by atoms with Crippen molar-refractivity contribution in [3.8, 4) is 0 Å². The van der Waals surface area contributed by atoms with Gasteiger partial charge in [0.15, 0.2) is 0 Å². The quantitative estimate of drug-likeness (QED) is 0.234. The van der Waals surface area contributed by atoms with E-state index in [9.17, 15) is 17.8 Å². The highest BCUT2D eigenvalue weighted by molar-refractivity contribution is 8.77. The zero-order valence-electron chi connectivity index (χ0n) is 14.7. The van der Waals surface area contributed by atoms with Crippen LogP contribution in [0.25, 0.3) is 0 Å². The summed E-state index contributed by atoms with van der Waals surface area (Å²) in [7, 11) is 3.75. The third-order valence-corrected chi connectivity index (χ3v) is 7.90. The van der Waals surface area contributed by atoms with E-state index in [1.165, 1.54) is 18.6 Å². The Labute approximate surface area is 154 Å². The van der Waals surface area contributed by atoms with Crippen molar-refractivity contribution in [2.75, 3.05) is 45.2 Å². The average molecular weight is 399 g/mol. The number of nitrogens with one attached hydrogen (secondary N) is 1. The Morgan fingerprint density at radius 1 is 1.25 bits per heavy atom. The zero-order valence-corrected chi connectivity index (χ0v) is 17.1. The molecule has 1 aliphatic heterocycles. The van der Waals surface area contributed by atoms with Crippen molar-refractivity contribution in [1.82, 2.24) is 5.32 Å². The summed E-state index contributed by atoms with van der Waals surface area (Å²) in [6.07, 6.45) is 5.47. The number of hydrogen-bond acceptors (Lipinski definition) is 6. The number of carbonyl (C=O) groups excluding carboxylic acids is 1. The first kappa shape index (κ1) is 22.1. The molecule has 1 N–H and O–H groups in total. The van der Waals surface area contributed by atoms with Gasteiger partial charge in [0.1, 0.15) is 0 Å². The lowest BCUT2D eigenvalue weighted by Crippen LogP contribution is -2.46. The fourth-order valence-electron chi connectivity index (χ4n) is 2.59. The molecule has 0 aromatic heterocycles. The van der Waals surface area contributed by atoms with Crippen molar-refractivity contribution >= 4 is 37.6 Å². The smallest absolute Gasteiger partial charge is 0.220 e. The van der Waals surface area contributed by atoms with Crippen LogP contribution in [-0.4, -0.2) is 73.8 Å². The third-order valence-electron chi connectivity index (χ3n) is 4.10. The first-order valence-electron chi connectivity index (χ1n) is 8.48. The van der Waals surface area contributed by atoms with Crippen molar-refractivity contribution in [2.24, 2.45) is 0 Å². The summed E-state index contributed by atoms with van der Waals surface area (Å²) in [5.41, 5.74) is 0. The minimum absolute atomic E-state index is 0.0885. The van der Waals surface area contributed by atoms with Crippen LogP contribution in [0.4, 0.5) is 0 Å². The Morgan fingerprint density at radius 3 is 2.62 bits per heavy atom. The maximum Gasteiger partial charge on any atom is 0.220 e. The summed E-state index contributed by atoms with van der Waals surface area (Å²) in [5.74, 6) is 1.02. The number of quaternary nitrogens is 1. The van der Waals surface area contributed by atoms with E-state index in [2.05, 4.69) is 5.32 Å². The van der Waals surface area contributed by atoms with Crippen LogP contribution in [0.1, 0.15) is 38.5 Å². The van der Waals surface area contributed by atoms with Gasteiger partial charge in [0.2, 0.25) is 5.91 Å². The summed E-state index contributed by atoms with van der Waals surface area (Å²) < 4.78 is 32.4. The lowest BCUT2D eigenvalue weighted by atomic mass is 10.1. The van der Waals surface area contributed by atoms with E-state index in [-0.39, 0.29) is 11.7 Å².